The van der Waals surface area contributed by atoms with Crippen LogP contribution < -0.4 is 9.64 Å². The lowest BCUT2D eigenvalue weighted by atomic mass is 9.94. The maximum atomic E-state index is 13.7. The van der Waals surface area contributed by atoms with E-state index in [0.29, 0.717) is 28.1 Å². The maximum Gasteiger partial charge on any atom is 0.338 e. The number of rotatable bonds is 8. The van der Waals surface area contributed by atoms with E-state index in [2.05, 4.69) is 0 Å². The largest absolute Gasteiger partial charge is 0.506 e. The van der Waals surface area contributed by atoms with E-state index in [1.807, 2.05) is 91.0 Å². The summed E-state index contributed by atoms with van der Waals surface area (Å²) in [5, 5.41) is 11.6. The van der Waals surface area contributed by atoms with Crippen molar-refractivity contribution in [1.82, 2.24) is 0 Å². The zero-order valence-corrected chi connectivity index (χ0v) is 25.8. The van der Waals surface area contributed by atoms with Gasteiger partial charge in [-0.1, -0.05) is 103 Å². The van der Waals surface area contributed by atoms with Gasteiger partial charge in [-0.2, -0.15) is 0 Å². The molecule has 0 spiro atoms. The molecule has 0 saturated carbocycles. The first-order valence-corrected chi connectivity index (χ1v) is 15.3. The van der Waals surface area contributed by atoms with E-state index in [9.17, 15) is 14.7 Å². The van der Waals surface area contributed by atoms with Crippen molar-refractivity contribution in [2.75, 3.05) is 12.0 Å². The minimum absolute atomic E-state index is 0.108. The second kappa shape index (κ2) is 13.2. The van der Waals surface area contributed by atoms with Crippen LogP contribution in [0.5, 0.6) is 5.75 Å². The van der Waals surface area contributed by atoms with Gasteiger partial charge in [0.2, 0.25) is 0 Å². The van der Waals surface area contributed by atoms with Crippen LogP contribution in [0.15, 0.2) is 132 Å². The second-order valence-electron chi connectivity index (χ2n) is 10.2. The highest BCUT2D eigenvalue weighted by Crippen LogP contribution is 2.41. The summed E-state index contributed by atoms with van der Waals surface area (Å²) >= 11 is 6.60. The highest BCUT2D eigenvalue weighted by molar-refractivity contribution is 8.27. The average molecular weight is 630 g/mol. The Labute approximate surface area is 270 Å². The van der Waals surface area contributed by atoms with Crippen LogP contribution in [0, 0.1) is 0 Å². The van der Waals surface area contributed by atoms with E-state index in [1.54, 1.807) is 43.5 Å². The first-order valence-electron chi connectivity index (χ1n) is 14.1. The molecule has 1 aliphatic rings. The van der Waals surface area contributed by atoms with Crippen molar-refractivity contribution in [1.29, 1.82) is 0 Å². The standard InChI is InChI=1S/C37H27NO5S2/c1-42-30-19-20-31(32(22-30)28-14-8-13-27(21-28)25-11-6-3-7-12-25)33(39)34-35(40)38(37(44)45-34)29-17-15-26(16-18-29)36(41)43-23-24-9-4-2-5-10-24/h2-22,39H,23H2,1H3. The number of aliphatic hydroxyl groups is 1. The summed E-state index contributed by atoms with van der Waals surface area (Å²) in [5.74, 6) is -0.501. The fourth-order valence-electron chi connectivity index (χ4n) is 5.00. The Balaban J connectivity index is 1.28. The average Bonchev–Trinajstić information content (AvgIpc) is 3.40. The minimum Gasteiger partial charge on any atom is -0.506 e. The van der Waals surface area contributed by atoms with Gasteiger partial charge in [0.05, 0.1) is 18.4 Å². The van der Waals surface area contributed by atoms with Gasteiger partial charge in [-0.15, -0.1) is 0 Å². The van der Waals surface area contributed by atoms with Crippen LogP contribution in [0.3, 0.4) is 0 Å². The smallest absolute Gasteiger partial charge is 0.338 e. The summed E-state index contributed by atoms with van der Waals surface area (Å²) in [6, 6.07) is 39.2. The van der Waals surface area contributed by atoms with Crippen molar-refractivity contribution in [2.24, 2.45) is 0 Å². The second-order valence-corrected chi connectivity index (χ2v) is 11.8. The predicted octanol–water partition coefficient (Wildman–Crippen LogP) is 8.68. The SMILES string of the molecule is COc1ccc(C(O)=C2SC(=S)N(c3ccc(C(=O)OCc4ccccc4)cc3)C2=O)c(-c2cccc(-c3ccccc3)c2)c1. The van der Waals surface area contributed by atoms with Crippen LogP contribution in [-0.4, -0.2) is 28.4 Å². The highest BCUT2D eigenvalue weighted by atomic mass is 32.2. The molecule has 6 rings (SSSR count). The van der Waals surface area contributed by atoms with Gasteiger partial charge in [-0.05, 0) is 76.3 Å². The van der Waals surface area contributed by atoms with Crippen molar-refractivity contribution in [3.05, 3.63) is 149 Å². The number of methoxy groups -OCH3 is 1. The number of thiocarbonyl (C=S) groups is 1. The van der Waals surface area contributed by atoms with E-state index in [1.165, 1.54) is 4.90 Å². The summed E-state index contributed by atoms with van der Waals surface area (Å²) in [7, 11) is 1.58. The van der Waals surface area contributed by atoms with Crippen molar-refractivity contribution in [3.63, 3.8) is 0 Å². The van der Waals surface area contributed by atoms with Crippen molar-refractivity contribution in [2.45, 2.75) is 6.61 Å². The fraction of sp³-hybridized carbons (Fsp3) is 0.0541. The lowest BCUT2D eigenvalue weighted by molar-refractivity contribution is -0.113. The Morgan fingerprint density at radius 3 is 2.18 bits per heavy atom. The van der Waals surface area contributed by atoms with Crippen molar-refractivity contribution in [3.8, 4) is 28.0 Å². The number of benzene rings is 5. The summed E-state index contributed by atoms with van der Waals surface area (Å²) < 4.78 is 11.2. The summed E-state index contributed by atoms with van der Waals surface area (Å²) in [6.45, 7) is 0.157. The van der Waals surface area contributed by atoms with Crippen LogP contribution in [0.4, 0.5) is 5.69 Å². The molecule has 0 bridgehead atoms. The third kappa shape index (κ3) is 6.38. The molecule has 5 aromatic carbocycles. The van der Waals surface area contributed by atoms with Gasteiger partial charge in [-0.3, -0.25) is 9.69 Å². The van der Waals surface area contributed by atoms with Gasteiger partial charge in [0.25, 0.3) is 5.91 Å². The van der Waals surface area contributed by atoms with Gasteiger partial charge in [-0.25, -0.2) is 4.79 Å². The Hall–Kier alpha value is -5.18. The van der Waals surface area contributed by atoms with Gasteiger partial charge in [0.15, 0.2) is 4.32 Å². The van der Waals surface area contributed by atoms with Crippen LogP contribution in [0.25, 0.3) is 28.0 Å². The Morgan fingerprint density at radius 1 is 0.800 bits per heavy atom. The predicted molar refractivity (Wildman–Crippen MR) is 183 cm³/mol. The third-order valence-electron chi connectivity index (χ3n) is 7.32. The van der Waals surface area contributed by atoms with Crippen molar-refractivity contribution >= 4 is 51.6 Å². The molecule has 0 atom stereocenters. The molecule has 1 saturated heterocycles. The molecular formula is C37H27NO5S2. The van der Waals surface area contributed by atoms with Crippen LogP contribution in [0.2, 0.25) is 0 Å². The maximum absolute atomic E-state index is 13.7. The van der Waals surface area contributed by atoms with Crippen LogP contribution >= 0.6 is 24.0 Å². The monoisotopic (exact) mass is 629 g/mol. The molecule has 45 heavy (non-hydrogen) atoms. The topological polar surface area (TPSA) is 76.1 Å². The molecular weight excluding hydrogens is 603 g/mol. The van der Waals surface area contributed by atoms with E-state index >= 15 is 0 Å². The third-order valence-corrected chi connectivity index (χ3v) is 8.68. The molecule has 1 aliphatic heterocycles. The van der Waals surface area contributed by atoms with Crippen LogP contribution in [-0.2, 0) is 16.1 Å². The Bertz CT molecular complexity index is 1920. The summed E-state index contributed by atoms with van der Waals surface area (Å²) in [4.78, 5) is 27.8. The number of aliphatic hydroxyl groups excluding tert-OH is 1. The van der Waals surface area contributed by atoms with Gasteiger partial charge in [0, 0.05) is 5.56 Å². The van der Waals surface area contributed by atoms with Gasteiger partial charge >= 0.3 is 5.97 Å². The number of ether oxygens (including phenoxy) is 2. The van der Waals surface area contributed by atoms with E-state index in [0.717, 1.165) is 34.0 Å². The summed E-state index contributed by atoms with van der Waals surface area (Å²) in [5.41, 5.74) is 5.80. The molecule has 1 fully saturated rings. The first kappa shape index (κ1) is 29.9. The molecule has 1 amide bonds. The van der Waals surface area contributed by atoms with Gasteiger partial charge in [0.1, 0.15) is 23.0 Å². The lowest BCUT2D eigenvalue weighted by Crippen LogP contribution is -2.27. The lowest BCUT2D eigenvalue weighted by Gasteiger charge is -2.16. The van der Waals surface area contributed by atoms with E-state index in [4.69, 9.17) is 21.7 Å². The number of hydrogen-bond acceptors (Lipinski definition) is 7. The molecule has 6 nitrogen and oxygen atoms in total. The number of carbonyl (C=O) groups excluding carboxylic acids is 2. The molecule has 0 radical (unpaired) electrons. The number of thioether (sulfide) groups is 1. The number of carbonyl (C=O) groups is 2. The highest BCUT2D eigenvalue weighted by Gasteiger charge is 2.37. The molecule has 0 unspecified atom stereocenters. The minimum atomic E-state index is -0.475. The van der Waals surface area contributed by atoms with E-state index in [-0.39, 0.29) is 21.6 Å². The van der Waals surface area contributed by atoms with E-state index < -0.39 is 11.9 Å². The zero-order valence-electron chi connectivity index (χ0n) is 24.2. The van der Waals surface area contributed by atoms with Crippen LogP contribution in [0.1, 0.15) is 21.5 Å². The molecule has 0 aliphatic carbocycles. The molecule has 0 aromatic heterocycles. The zero-order chi connectivity index (χ0) is 31.3. The van der Waals surface area contributed by atoms with Gasteiger partial charge < -0.3 is 14.6 Å². The number of nitrogens with zero attached hydrogens (tertiary/aromatic N) is 1. The number of esters is 1. The Morgan fingerprint density at radius 2 is 1.47 bits per heavy atom. The number of hydrogen-bond donors (Lipinski definition) is 1. The number of amides is 1. The molecule has 8 heteroatoms. The molecule has 1 heterocycles. The fourth-order valence-corrected chi connectivity index (χ4v) is 6.28. The summed E-state index contributed by atoms with van der Waals surface area (Å²) in [6.07, 6.45) is 0. The first-order chi connectivity index (χ1) is 21.9. The molecule has 222 valence electrons. The normalized spacial score (nSPS) is 13.9. The number of anilines is 1. The quantitative estimate of drug-likeness (QED) is 0.0797. The molecule has 1 N–H and O–H groups in total. The molecule has 5 aromatic rings. The van der Waals surface area contributed by atoms with Crippen molar-refractivity contribution < 1.29 is 24.2 Å². The Kier molecular flexibility index (Phi) is 8.77.